The molecule has 1 aromatic carbocycles. The summed E-state index contributed by atoms with van der Waals surface area (Å²) in [5, 5.41) is 0. The molecule has 5 nitrogen and oxygen atoms in total. The molecular weight excluding hydrogens is 353 g/mol. The Morgan fingerprint density at radius 2 is 1.71 bits per heavy atom. The van der Waals surface area contributed by atoms with Crippen LogP contribution in [0.15, 0.2) is 24.3 Å². The van der Waals surface area contributed by atoms with Gasteiger partial charge in [0.05, 0.1) is 23.2 Å². The first-order chi connectivity index (χ1) is 13.1. The molecule has 0 bridgehead atoms. The van der Waals surface area contributed by atoms with Gasteiger partial charge in [-0.05, 0) is 72.0 Å². The van der Waals surface area contributed by atoms with Gasteiger partial charge in [-0.3, -0.25) is 9.69 Å². The average Bonchev–Trinajstić information content (AvgIpc) is 2.83. The van der Waals surface area contributed by atoms with Crippen molar-refractivity contribution in [3.63, 3.8) is 0 Å². The molecule has 28 heavy (non-hydrogen) atoms. The summed E-state index contributed by atoms with van der Waals surface area (Å²) in [6.07, 6.45) is 1.91. The number of nitrogens with zero attached hydrogens (tertiary/aromatic N) is 1. The minimum atomic E-state index is -0.406. The molecule has 0 saturated carbocycles. The van der Waals surface area contributed by atoms with Crippen LogP contribution < -0.4 is 5.46 Å². The molecular formula is C22H34BNO4. The Bertz CT molecular complexity index is 687. The number of esters is 1. The highest BCUT2D eigenvalue weighted by molar-refractivity contribution is 6.62. The number of carbonyl (C=O) groups excluding carboxylic acids is 1. The second-order valence-corrected chi connectivity index (χ2v) is 9.43. The van der Waals surface area contributed by atoms with E-state index in [1.54, 1.807) is 0 Å². The molecule has 2 fully saturated rings. The van der Waals surface area contributed by atoms with E-state index in [1.807, 2.05) is 13.8 Å². The summed E-state index contributed by atoms with van der Waals surface area (Å²) < 4.78 is 17.6. The molecule has 2 aliphatic heterocycles. The normalized spacial score (nSPS) is 27.0. The number of ether oxygens (including phenoxy) is 1. The van der Waals surface area contributed by atoms with Crippen LogP contribution in [-0.4, -0.2) is 48.9 Å². The van der Waals surface area contributed by atoms with Gasteiger partial charge in [0, 0.05) is 13.1 Å². The zero-order valence-corrected chi connectivity index (χ0v) is 18.2. The minimum absolute atomic E-state index is 0.0733. The van der Waals surface area contributed by atoms with Crippen LogP contribution in [0.3, 0.4) is 0 Å². The number of carbonyl (C=O) groups is 1. The molecule has 0 aromatic heterocycles. The van der Waals surface area contributed by atoms with Crippen molar-refractivity contribution in [2.24, 2.45) is 5.41 Å². The number of likely N-dealkylation sites (tertiary alicyclic amines) is 1. The fourth-order valence-electron chi connectivity index (χ4n) is 3.97. The van der Waals surface area contributed by atoms with Crippen LogP contribution in [0, 0.1) is 5.41 Å². The SMILES string of the molecule is CCOC(=O)C1(C)CCCN(Cc2ccc(B3OC(C)(C)C(C)(C)O3)cc2)C1. The van der Waals surface area contributed by atoms with Gasteiger partial charge in [0.25, 0.3) is 0 Å². The average molecular weight is 387 g/mol. The van der Waals surface area contributed by atoms with Gasteiger partial charge in [0.2, 0.25) is 0 Å². The molecule has 154 valence electrons. The van der Waals surface area contributed by atoms with E-state index in [9.17, 15) is 4.79 Å². The molecule has 3 rings (SSSR count). The Labute approximate surface area is 169 Å². The summed E-state index contributed by atoms with van der Waals surface area (Å²) in [5.74, 6) is -0.0733. The van der Waals surface area contributed by atoms with E-state index >= 15 is 0 Å². The lowest BCUT2D eigenvalue weighted by Gasteiger charge is -2.38. The van der Waals surface area contributed by atoms with E-state index in [-0.39, 0.29) is 24.3 Å². The van der Waals surface area contributed by atoms with Gasteiger partial charge in [0.1, 0.15) is 0 Å². The number of piperidine rings is 1. The first kappa shape index (κ1) is 21.3. The highest BCUT2D eigenvalue weighted by Crippen LogP contribution is 2.36. The van der Waals surface area contributed by atoms with Crippen molar-refractivity contribution >= 4 is 18.6 Å². The standard InChI is InChI=1S/C22H34BNO4/c1-7-26-19(25)22(6)13-8-14-24(16-22)15-17-9-11-18(12-10-17)23-27-20(2,3)21(4,5)28-23/h9-12H,7-8,13-16H2,1-6H3. The Balaban J connectivity index is 1.63. The summed E-state index contributed by atoms with van der Waals surface area (Å²) >= 11 is 0. The first-order valence-electron chi connectivity index (χ1n) is 10.4. The summed E-state index contributed by atoms with van der Waals surface area (Å²) in [6.45, 7) is 15.2. The van der Waals surface area contributed by atoms with Gasteiger partial charge < -0.3 is 14.0 Å². The van der Waals surface area contributed by atoms with Crippen molar-refractivity contribution in [2.45, 2.75) is 72.1 Å². The van der Waals surface area contributed by atoms with E-state index in [0.29, 0.717) is 6.61 Å². The summed E-state index contributed by atoms with van der Waals surface area (Å²) in [5.41, 5.74) is 1.20. The van der Waals surface area contributed by atoms with Crippen LogP contribution in [0.1, 0.15) is 59.9 Å². The Hall–Kier alpha value is -1.37. The van der Waals surface area contributed by atoms with Gasteiger partial charge in [-0.1, -0.05) is 24.3 Å². The van der Waals surface area contributed by atoms with Crippen molar-refractivity contribution in [3.05, 3.63) is 29.8 Å². The van der Waals surface area contributed by atoms with Gasteiger partial charge in [-0.2, -0.15) is 0 Å². The highest BCUT2D eigenvalue weighted by atomic mass is 16.7. The van der Waals surface area contributed by atoms with E-state index in [0.717, 1.165) is 37.9 Å². The van der Waals surface area contributed by atoms with Gasteiger partial charge in [-0.15, -0.1) is 0 Å². The molecule has 2 aliphatic rings. The molecule has 0 aliphatic carbocycles. The second-order valence-electron chi connectivity index (χ2n) is 9.43. The lowest BCUT2D eigenvalue weighted by molar-refractivity contribution is -0.157. The fourth-order valence-corrected chi connectivity index (χ4v) is 3.97. The van der Waals surface area contributed by atoms with Crippen LogP contribution in [0.5, 0.6) is 0 Å². The zero-order chi connectivity index (χ0) is 20.6. The minimum Gasteiger partial charge on any atom is -0.466 e. The van der Waals surface area contributed by atoms with E-state index < -0.39 is 5.41 Å². The molecule has 1 aromatic rings. The third kappa shape index (κ3) is 4.29. The first-order valence-corrected chi connectivity index (χ1v) is 10.4. The molecule has 2 heterocycles. The smallest absolute Gasteiger partial charge is 0.466 e. The molecule has 0 radical (unpaired) electrons. The van der Waals surface area contributed by atoms with E-state index in [1.165, 1.54) is 5.56 Å². The molecule has 6 heteroatoms. The largest absolute Gasteiger partial charge is 0.494 e. The van der Waals surface area contributed by atoms with Crippen molar-refractivity contribution in [1.82, 2.24) is 4.90 Å². The van der Waals surface area contributed by atoms with Crippen LogP contribution >= 0.6 is 0 Å². The summed E-state index contributed by atoms with van der Waals surface area (Å²) in [7, 11) is -0.332. The number of hydrogen-bond donors (Lipinski definition) is 0. The molecule has 1 unspecified atom stereocenters. The van der Waals surface area contributed by atoms with Gasteiger partial charge in [0.15, 0.2) is 0 Å². The van der Waals surface area contributed by atoms with Crippen LogP contribution in [0.4, 0.5) is 0 Å². The van der Waals surface area contributed by atoms with Crippen molar-refractivity contribution < 1.29 is 18.8 Å². The lowest BCUT2D eigenvalue weighted by atomic mass is 9.78. The van der Waals surface area contributed by atoms with Crippen LogP contribution in [-0.2, 0) is 25.4 Å². The Morgan fingerprint density at radius 1 is 1.11 bits per heavy atom. The molecule has 0 amide bonds. The maximum absolute atomic E-state index is 12.3. The maximum Gasteiger partial charge on any atom is 0.494 e. The van der Waals surface area contributed by atoms with Crippen LogP contribution in [0.25, 0.3) is 0 Å². The van der Waals surface area contributed by atoms with Crippen molar-refractivity contribution in [3.8, 4) is 0 Å². The third-order valence-corrected chi connectivity index (χ3v) is 6.46. The summed E-state index contributed by atoms with van der Waals surface area (Å²) in [4.78, 5) is 14.7. The van der Waals surface area contributed by atoms with E-state index in [2.05, 4.69) is 56.9 Å². The topological polar surface area (TPSA) is 48.0 Å². The quantitative estimate of drug-likeness (QED) is 0.574. The lowest BCUT2D eigenvalue weighted by Crippen LogP contribution is -2.46. The molecule has 2 saturated heterocycles. The molecule has 0 spiro atoms. The molecule has 0 N–H and O–H groups in total. The summed E-state index contributed by atoms with van der Waals surface area (Å²) in [6, 6.07) is 8.45. The predicted octanol–water partition coefficient (Wildman–Crippen LogP) is 3.15. The Morgan fingerprint density at radius 3 is 2.29 bits per heavy atom. The van der Waals surface area contributed by atoms with E-state index in [4.69, 9.17) is 14.0 Å². The number of rotatable bonds is 5. The monoisotopic (exact) mass is 387 g/mol. The zero-order valence-electron chi connectivity index (χ0n) is 18.2. The fraction of sp³-hybridized carbons (Fsp3) is 0.682. The highest BCUT2D eigenvalue weighted by Gasteiger charge is 2.51. The third-order valence-electron chi connectivity index (χ3n) is 6.46. The van der Waals surface area contributed by atoms with Crippen molar-refractivity contribution in [2.75, 3.05) is 19.7 Å². The van der Waals surface area contributed by atoms with Crippen molar-refractivity contribution in [1.29, 1.82) is 0 Å². The second kappa shape index (κ2) is 7.81. The van der Waals surface area contributed by atoms with Crippen LogP contribution in [0.2, 0.25) is 0 Å². The number of hydrogen-bond acceptors (Lipinski definition) is 5. The van der Waals surface area contributed by atoms with Gasteiger partial charge in [-0.25, -0.2) is 0 Å². The molecule has 1 atom stereocenters. The Kier molecular flexibility index (Phi) is 5.95. The maximum atomic E-state index is 12.3. The number of benzene rings is 1. The van der Waals surface area contributed by atoms with Gasteiger partial charge >= 0.3 is 13.1 Å². The predicted molar refractivity (Wildman–Crippen MR) is 111 cm³/mol.